The number of aryl methyl sites for hydroxylation is 2. The number of H-pyrrole nitrogens is 2. The molecule has 2 amide bonds. The van der Waals surface area contributed by atoms with Crippen molar-refractivity contribution in [3.8, 4) is 0 Å². The number of amides is 2. The first-order valence-corrected chi connectivity index (χ1v) is 12.3. The van der Waals surface area contributed by atoms with Crippen molar-refractivity contribution in [2.75, 3.05) is 18.5 Å². The second kappa shape index (κ2) is 13.2. The van der Waals surface area contributed by atoms with E-state index in [1.807, 2.05) is 0 Å². The summed E-state index contributed by atoms with van der Waals surface area (Å²) in [4.78, 5) is 70.2. The van der Waals surface area contributed by atoms with Crippen LogP contribution in [0.2, 0.25) is 0 Å². The van der Waals surface area contributed by atoms with E-state index in [1.54, 1.807) is 44.3 Å². The van der Waals surface area contributed by atoms with Gasteiger partial charge in [-0.2, -0.15) is 4.98 Å². The number of hydrogen-bond donors (Lipinski definition) is 4. The highest BCUT2D eigenvalue weighted by Crippen LogP contribution is 2.17. The van der Waals surface area contributed by atoms with Gasteiger partial charge in [0.1, 0.15) is 11.7 Å². The van der Waals surface area contributed by atoms with E-state index in [-0.39, 0.29) is 43.5 Å². The number of nitrogens with zero attached hydrogens (tertiary/aromatic N) is 1. The molecule has 1 aromatic carbocycles. The highest BCUT2D eigenvalue weighted by atomic mass is 16.5. The van der Waals surface area contributed by atoms with Crippen molar-refractivity contribution >= 4 is 40.7 Å². The van der Waals surface area contributed by atoms with Crippen molar-refractivity contribution in [1.29, 1.82) is 0 Å². The smallest absolute Gasteiger partial charge is 0.328 e. The van der Waals surface area contributed by atoms with Gasteiger partial charge in [0.25, 0.3) is 11.5 Å². The van der Waals surface area contributed by atoms with Gasteiger partial charge in [-0.05, 0) is 56.4 Å². The van der Waals surface area contributed by atoms with Gasteiger partial charge >= 0.3 is 11.9 Å². The second-order valence-corrected chi connectivity index (χ2v) is 8.45. The summed E-state index contributed by atoms with van der Waals surface area (Å²) in [5, 5.41) is 5.51. The minimum absolute atomic E-state index is 0.0305. The molecule has 0 aliphatic heterocycles. The van der Waals surface area contributed by atoms with Crippen molar-refractivity contribution in [2.24, 2.45) is 0 Å². The number of ether oxygens (including phenoxy) is 2. The molecule has 4 N–H and O–H groups in total. The van der Waals surface area contributed by atoms with Gasteiger partial charge < -0.3 is 19.8 Å². The number of nitrogens with one attached hydrogen (secondary N) is 4. The molecule has 202 valence electrons. The van der Waals surface area contributed by atoms with Crippen LogP contribution in [-0.4, -0.2) is 58.0 Å². The Balaban J connectivity index is 1.63. The molecule has 3 rings (SSSR count). The maximum atomic E-state index is 12.8. The van der Waals surface area contributed by atoms with Crippen LogP contribution in [0, 0.1) is 0 Å². The summed E-state index contributed by atoms with van der Waals surface area (Å²) >= 11 is 0. The molecule has 1 unspecified atom stereocenters. The summed E-state index contributed by atoms with van der Waals surface area (Å²) in [6.07, 6.45) is 2.86. The average Bonchev–Trinajstić information content (AvgIpc) is 3.28. The van der Waals surface area contributed by atoms with E-state index in [1.165, 1.54) is 6.92 Å². The third-order valence-corrected chi connectivity index (χ3v) is 5.64. The summed E-state index contributed by atoms with van der Waals surface area (Å²) in [5.41, 5.74) is 2.06. The Hall–Kier alpha value is -4.48. The predicted molar refractivity (Wildman–Crippen MR) is 139 cm³/mol. The summed E-state index contributed by atoms with van der Waals surface area (Å²) in [7, 11) is 0. The molecule has 0 aliphatic rings. The van der Waals surface area contributed by atoms with Gasteiger partial charge in [-0.15, -0.1) is 0 Å². The molecule has 1 atom stereocenters. The van der Waals surface area contributed by atoms with Gasteiger partial charge in [-0.1, -0.05) is 12.1 Å². The summed E-state index contributed by atoms with van der Waals surface area (Å²) < 4.78 is 9.92. The van der Waals surface area contributed by atoms with E-state index in [2.05, 4.69) is 25.6 Å². The molecule has 2 aromatic heterocycles. The molecule has 2 heterocycles. The molecule has 0 fully saturated rings. The van der Waals surface area contributed by atoms with Crippen LogP contribution in [-0.2, 0) is 36.7 Å². The predicted octanol–water partition coefficient (Wildman–Crippen LogP) is 2.00. The number of aromatic nitrogens is 3. The lowest BCUT2D eigenvalue weighted by atomic mass is 10.0. The van der Waals surface area contributed by atoms with E-state index < -0.39 is 23.9 Å². The number of carbonyl (C=O) groups excluding carboxylic acids is 4. The lowest BCUT2D eigenvalue weighted by Crippen LogP contribution is -2.42. The molecule has 38 heavy (non-hydrogen) atoms. The van der Waals surface area contributed by atoms with Crippen molar-refractivity contribution in [2.45, 2.75) is 52.5 Å². The number of rotatable bonds is 12. The van der Waals surface area contributed by atoms with Gasteiger partial charge in [0.2, 0.25) is 11.9 Å². The van der Waals surface area contributed by atoms with Gasteiger partial charge in [-0.3, -0.25) is 29.5 Å². The minimum atomic E-state index is -0.980. The first-order valence-electron chi connectivity index (χ1n) is 12.3. The highest BCUT2D eigenvalue weighted by Gasteiger charge is 2.24. The van der Waals surface area contributed by atoms with Crippen LogP contribution in [0.1, 0.15) is 55.1 Å². The lowest BCUT2D eigenvalue weighted by Gasteiger charge is -2.17. The zero-order valence-electron chi connectivity index (χ0n) is 21.5. The zero-order valence-corrected chi connectivity index (χ0v) is 21.5. The Labute approximate surface area is 218 Å². The Kier molecular flexibility index (Phi) is 9.74. The van der Waals surface area contributed by atoms with E-state index in [0.717, 1.165) is 11.1 Å². The summed E-state index contributed by atoms with van der Waals surface area (Å²) in [6, 6.07) is 5.88. The fourth-order valence-corrected chi connectivity index (χ4v) is 3.86. The van der Waals surface area contributed by atoms with Crippen molar-refractivity contribution < 1.29 is 28.7 Å². The fraction of sp³-hybridized carbons (Fsp3) is 0.385. The third kappa shape index (κ3) is 7.51. The van der Waals surface area contributed by atoms with Crippen LogP contribution in [0.15, 0.2) is 35.3 Å². The Morgan fingerprint density at radius 2 is 1.74 bits per heavy atom. The molecule has 0 radical (unpaired) electrons. The topological polar surface area (TPSA) is 172 Å². The highest BCUT2D eigenvalue weighted by molar-refractivity contribution is 5.97. The summed E-state index contributed by atoms with van der Waals surface area (Å²) in [6.45, 7) is 5.05. The first-order chi connectivity index (χ1) is 18.2. The number of aromatic amines is 2. The van der Waals surface area contributed by atoms with E-state index in [0.29, 0.717) is 29.4 Å². The summed E-state index contributed by atoms with van der Waals surface area (Å²) in [5.74, 6) is -1.81. The molecule has 12 heteroatoms. The van der Waals surface area contributed by atoms with Crippen LogP contribution >= 0.6 is 0 Å². The monoisotopic (exact) mass is 525 g/mol. The van der Waals surface area contributed by atoms with Crippen molar-refractivity contribution in [1.82, 2.24) is 20.3 Å². The van der Waals surface area contributed by atoms with Crippen LogP contribution < -0.4 is 16.2 Å². The van der Waals surface area contributed by atoms with E-state index in [4.69, 9.17) is 9.47 Å². The van der Waals surface area contributed by atoms with Crippen LogP contribution in [0.3, 0.4) is 0 Å². The Morgan fingerprint density at radius 3 is 2.39 bits per heavy atom. The number of anilines is 1. The minimum Gasteiger partial charge on any atom is -0.466 e. The Morgan fingerprint density at radius 1 is 1.03 bits per heavy atom. The second-order valence-electron chi connectivity index (χ2n) is 8.45. The molecular weight excluding hydrogens is 494 g/mol. The van der Waals surface area contributed by atoms with Gasteiger partial charge in [0.15, 0.2) is 0 Å². The third-order valence-electron chi connectivity index (χ3n) is 5.64. The maximum Gasteiger partial charge on any atom is 0.328 e. The molecule has 12 nitrogen and oxygen atoms in total. The largest absolute Gasteiger partial charge is 0.466 e. The number of carbonyl (C=O) groups is 4. The van der Waals surface area contributed by atoms with E-state index in [9.17, 15) is 24.0 Å². The van der Waals surface area contributed by atoms with Gasteiger partial charge in [0.05, 0.1) is 18.6 Å². The molecular formula is C26H31N5O7. The van der Waals surface area contributed by atoms with E-state index >= 15 is 0 Å². The normalized spacial score (nSPS) is 11.6. The first kappa shape index (κ1) is 28.1. The molecule has 0 saturated carbocycles. The Bertz CT molecular complexity index is 1360. The van der Waals surface area contributed by atoms with Gasteiger partial charge in [0, 0.05) is 25.1 Å². The maximum absolute atomic E-state index is 12.8. The average molecular weight is 526 g/mol. The number of esters is 2. The molecule has 0 spiro atoms. The SMILES string of the molecule is CCOC(=O)CCC(NC(=O)c1ccc(CCc2c[nH]c3nc(NC(C)=O)[nH]c(=O)c23)cc1)C(=O)OCC. The van der Waals surface area contributed by atoms with Crippen LogP contribution in [0.5, 0.6) is 0 Å². The molecule has 0 saturated heterocycles. The number of fused-ring (bicyclic) bond motifs is 1. The molecule has 3 aromatic rings. The zero-order chi connectivity index (χ0) is 27.7. The number of benzene rings is 1. The van der Waals surface area contributed by atoms with Gasteiger partial charge in [-0.25, -0.2) is 4.79 Å². The quantitative estimate of drug-likeness (QED) is 0.260. The number of hydrogen-bond acceptors (Lipinski definition) is 8. The standard InChI is InChI=1S/C26H31N5O7/c1-4-37-20(33)13-12-19(25(36)38-5-2)29-23(34)17-9-6-16(7-10-17)8-11-18-14-27-22-21(18)24(35)31-26(30-22)28-15(3)32/h6-7,9-10,14,19H,4-5,8,11-13H2,1-3H3,(H,29,34)(H3,27,28,30,31,32,35). The van der Waals surface area contributed by atoms with Crippen molar-refractivity contribution in [3.05, 3.63) is 57.5 Å². The molecule has 0 bridgehead atoms. The lowest BCUT2D eigenvalue weighted by molar-refractivity contribution is -0.146. The van der Waals surface area contributed by atoms with Crippen LogP contribution in [0.25, 0.3) is 11.0 Å². The fourth-order valence-electron chi connectivity index (χ4n) is 3.86. The molecule has 0 aliphatic carbocycles. The van der Waals surface area contributed by atoms with Crippen molar-refractivity contribution in [3.63, 3.8) is 0 Å². The van der Waals surface area contributed by atoms with Crippen LogP contribution in [0.4, 0.5) is 5.95 Å².